The van der Waals surface area contributed by atoms with Gasteiger partial charge >= 0.3 is 0 Å². The average Bonchev–Trinajstić information content (AvgIpc) is 1.88. The van der Waals surface area contributed by atoms with Gasteiger partial charge in [-0.15, -0.1) is 0 Å². The van der Waals surface area contributed by atoms with Crippen molar-refractivity contribution in [2.75, 3.05) is 6.54 Å². The summed E-state index contributed by atoms with van der Waals surface area (Å²) in [6, 6.07) is 0. The first kappa shape index (κ1) is 8.40. The topological polar surface area (TPSA) is 38.0 Å². The molecule has 0 atom stereocenters. The van der Waals surface area contributed by atoms with Crippen LogP contribution in [0.2, 0.25) is 0 Å². The highest BCUT2D eigenvalue weighted by atomic mass is 15.2. The summed E-state index contributed by atoms with van der Waals surface area (Å²) in [5, 5.41) is 0. The van der Waals surface area contributed by atoms with Crippen LogP contribution in [0, 0.1) is 0 Å². The van der Waals surface area contributed by atoms with Crippen LogP contribution in [0.5, 0.6) is 0 Å². The van der Waals surface area contributed by atoms with Crippen molar-refractivity contribution in [3.05, 3.63) is 23.8 Å². The van der Waals surface area contributed by atoms with Crippen LogP contribution < -0.4 is 11.3 Å². The monoisotopic (exact) mass is 126 g/mol. The molecule has 0 amide bonds. The van der Waals surface area contributed by atoms with Gasteiger partial charge in [-0.25, -0.2) is 0 Å². The lowest BCUT2D eigenvalue weighted by molar-refractivity contribution is 0.805. The van der Waals surface area contributed by atoms with E-state index in [0.717, 1.165) is 6.54 Å². The SMILES string of the molecule is C/C=C\C(=C/C)CNN. The van der Waals surface area contributed by atoms with Gasteiger partial charge in [0.1, 0.15) is 0 Å². The number of hydrogen-bond donors (Lipinski definition) is 2. The van der Waals surface area contributed by atoms with Gasteiger partial charge in [-0.3, -0.25) is 11.3 Å². The van der Waals surface area contributed by atoms with Crippen LogP contribution in [0.15, 0.2) is 23.8 Å². The molecule has 0 aromatic carbocycles. The minimum Gasteiger partial charge on any atom is -0.271 e. The van der Waals surface area contributed by atoms with E-state index in [0.29, 0.717) is 0 Å². The maximum Gasteiger partial charge on any atom is 0.0345 e. The van der Waals surface area contributed by atoms with Crippen molar-refractivity contribution in [2.45, 2.75) is 13.8 Å². The Morgan fingerprint density at radius 1 is 1.56 bits per heavy atom. The Morgan fingerprint density at radius 3 is 2.56 bits per heavy atom. The van der Waals surface area contributed by atoms with Crippen LogP contribution in [-0.4, -0.2) is 6.54 Å². The van der Waals surface area contributed by atoms with E-state index in [9.17, 15) is 0 Å². The molecule has 0 spiro atoms. The normalized spacial score (nSPS) is 13.0. The Bertz CT molecular complexity index is 114. The highest BCUT2D eigenvalue weighted by molar-refractivity contribution is 5.18. The van der Waals surface area contributed by atoms with Crippen LogP contribution in [-0.2, 0) is 0 Å². The first-order valence-corrected chi connectivity index (χ1v) is 3.06. The smallest absolute Gasteiger partial charge is 0.0345 e. The number of hydrogen-bond acceptors (Lipinski definition) is 2. The Labute approximate surface area is 56.4 Å². The zero-order chi connectivity index (χ0) is 7.11. The Morgan fingerprint density at radius 2 is 2.22 bits per heavy atom. The van der Waals surface area contributed by atoms with Gasteiger partial charge in [-0.2, -0.15) is 0 Å². The van der Waals surface area contributed by atoms with Crippen molar-refractivity contribution in [2.24, 2.45) is 5.84 Å². The number of allylic oxidation sites excluding steroid dienone is 2. The summed E-state index contributed by atoms with van der Waals surface area (Å²) in [6.07, 6.45) is 6.05. The zero-order valence-corrected chi connectivity index (χ0v) is 6.02. The zero-order valence-electron chi connectivity index (χ0n) is 6.02. The molecule has 0 rings (SSSR count). The molecule has 0 aliphatic heterocycles. The van der Waals surface area contributed by atoms with E-state index in [1.807, 2.05) is 32.1 Å². The average molecular weight is 126 g/mol. The molecule has 0 fully saturated rings. The van der Waals surface area contributed by atoms with Crippen molar-refractivity contribution in [3.63, 3.8) is 0 Å². The molecule has 0 unspecified atom stereocenters. The summed E-state index contributed by atoms with van der Waals surface area (Å²) < 4.78 is 0. The van der Waals surface area contributed by atoms with Crippen molar-refractivity contribution >= 4 is 0 Å². The van der Waals surface area contributed by atoms with Gasteiger partial charge in [-0.05, 0) is 19.4 Å². The minimum absolute atomic E-state index is 0.737. The number of nitrogens with one attached hydrogen (secondary N) is 1. The second-order valence-electron chi connectivity index (χ2n) is 1.74. The number of hydrazine groups is 1. The maximum absolute atomic E-state index is 5.11. The Balaban J connectivity index is 3.70. The maximum atomic E-state index is 5.11. The van der Waals surface area contributed by atoms with Crippen LogP contribution in [0.4, 0.5) is 0 Å². The predicted octanol–water partition coefficient (Wildman–Crippen LogP) is 0.972. The van der Waals surface area contributed by atoms with Gasteiger partial charge in [0.15, 0.2) is 0 Å². The van der Waals surface area contributed by atoms with Gasteiger partial charge in [0.25, 0.3) is 0 Å². The van der Waals surface area contributed by atoms with E-state index in [1.54, 1.807) is 0 Å². The van der Waals surface area contributed by atoms with E-state index in [4.69, 9.17) is 5.84 Å². The fraction of sp³-hybridized carbons (Fsp3) is 0.429. The molecule has 0 saturated heterocycles. The van der Waals surface area contributed by atoms with E-state index in [2.05, 4.69) is 5.43 Å². The van der Waals surface area contributed by atoms with Crippen molar-refractivity contribution < 1.29 is 0 Å². The fourth-order valence-corrected chi connectivity index (χ4v) is 0.589. The third-order valence-corrected chi connectivity index (χ3v) is 1.06. The molecule has 2 heteroatoms. The van der Waals surface area contributed by atoms with Crippen molar-refractivity contribution in [1.82, 2.24) is 5.43 Å². The summed E-state index contributed by atoms with van der Waals surface area (Å²) >= 11 is 0. The fourth-order valence-electron chi connectivity index (χ4n) is 0.589. The third-order valence-electron chi connectivity index (χ3n) is 1.06. The van der Waals surface area contributed by atoms with Crippen molar-refractivity contribution in [3.8, 4) is 0 Å². The van der Waals surface area contributed by atoms with E-state index in [-0.39, 0.29) is 0 Å². The van der Waals surface area contributed by atoms with Gasteiger partial charge in [0.2, 0.25) is 0 Å². The van der Waals surface area contributed by atoms with Gasteiger partial charge in [0, 0.05) is 6.54 Å². The molecule has 0 heterocycles. The first-order valence-electron chi connectivity index (χ1n) is 3.06. The lowest BCUT2D eigenvalue weighted by atomic mass is 10.2. The lowest BCUT2D eigenvalue weighted by Crippen LogP contribution is -2.23. The van der Waals surface area contributed by atoms with Gasteiger partial charge in [-0.1, -0.05) is 18.2 Å². The number of rotatable bonds is 3. The summed E-state index contributed by atoms with van der Waals surface area (Å²) in [7, 11) is 0. The highest BCUT2D eigenvalue weighted by Crippen LogP contribution is 1.92. The van der Waals surface area contributed by atoms with Crippen LogP contribution in [0.1, 0.15) is 13.8 Å². The van der Waals surface area contributed by atoms with Gasteiger partial charge < -0.3 is 0 Å². The lowest BCUT2D eigenvalue weighted by Gasteiger charge is -1.96. The summed E-state index contributed by atoms with van der Waals surface area (Å²) in [6.45, 7) is 4.72. The molecule has 0 bridgehead atoms. The molecule has 2 nitrogen and oxygen atoms in total. The predicted molar refractivity (Wildman–Crippen MR) is 40.8 cm³/mol. The van der Waals surface area contributed by atoms with Crippen molar-refractivity contribution in [1.29, 1.82) is 0 Å². The molecular formula is C7H14N2. The first-order chi connectivity index (χ1) is 4.35. The third kappa shape index (κ3) is 3.94. The minimum atomic E-state index is 0.737. The standard InChI is InChI=1S/C7H14N2/c1-3-5-7(4-2)6-9-8/h3-5,9H,6,8H2,1-2H3/b5-3-,7-4+. The highest BCUT2D eigenvalue weighted by Gasteiger charge is 1.83. The van der Waals surface area contributed by atoms with Crippen LogP contribution >= 0.6 is 0 Å². The van der Waals surface area contributed by atoms with Gasteiger partial charge in [0.05, 0.1) is 0 Å². The molecule has 0 aliphatic carbocycles. The summed E-state index contributed by atoms with van der Waals surface area (Å²) in [5.41, 5.74) is 3.79. The number of nitrogens with two attached hydrogens (primary N) is 1. The summed E-state index contributed by atoms with van der Waals surface area (Å²) in [4.78, 5) is 0. The molecule has 0 radical (unpaired) electrons. The van der Waals surface area contributed by atoms with Crippen LogP contribution in [0.25, 0.3) is 0 Å². The summed E-state index contributed by atoms with van der Waals surface area (Å²) in [5.74, 6) is 5.11. The quantitative estimate of drug-likeness (QED) is 0.336. The second kappa shape index (κ2) is 5.54. The molecular weight excluding hydrogens is 112 g/mol. The van der Waals surface area contributed by atoms with E-state index >= 15 is 0 Å². The molecule has 0 aromatic heterocycles. The van der Waals surface area contributed by atoms with Crippen LogP contribution in [0.3, 0.4) is 0 Å². The largest absolute Gasteiger partial charge is 0.271 e. The Kier molecular flexibility index (Phi) is 5.17. The molecule has 0 saturated carbocycles. The van der Waals surface area contributed by atoms with E-state index in [1.165, 1.54) is 5.57 Å². The van der Waals surface area contributed by atoms with E-state index < -0.39 is 0 Å². The molecule has 0 aromatic rings. The molecule has 3 N–H and O–H groups in total. The second-order valence-corrected chi connectivity index (χ2v) is 1.74. The molecule has 9 heavy (non-hydrogen) atoms. The molecule has 52 valence electrons. The molecule has 0 aliphatic rings. The Hall–Kier alpha value is -0.600.